The summed E-state index contributed by atoms with van der Waals surface area (Å²) in [6, 6.07) is 0. The maximum absolute atomic E-state index is 13.4. The minimum absolute atomic E-state index is 0.00618. The zero-order valence-electron chi connectivity index (χ0n) is 22.6. The molecule has 0 bridgehead atoms. The van der Waals surface area contributed by atoms with Gasteiger partial charge in [-0.3, -0.25) is 9.59 Å². The number of fused-ring (bicyclic) bond motifs is 1. The molecule has 0 aromatic carbocycles. The second-order valence-electron chi connectivity index (χ2n) is 11.6. The Bertz CT molecular complexity index is 953. The molecule has 0 radical (unpaired) electrons. The summed E-state index contributed by atoms with van der Waals surface area (Å²) in [7, 11) is 0. The lowest BCUT2D eigenvalue weighted by molar-refractivity contribution is -0.154. The van der Waals surface area contributed by atoms with E-state index >= 15 is 0 Å². The number of ketones is 1. The number of aromatic nitrogens is 1. The van der Waals surface area contributed by atoms with Crippen LogP contribution in [-0.4, -0.2) is 45.8 Å². The molecule has 196 valence electrons. The molecule has 6 nitrogen and oxygen atoms in total. The average molecular weight is 506 g/mol. The maximum atomic E-state index is 13.4. The van der Waals surface area contributed by atoms with Crippen molar-refractivity contribution in [3.8, 4) is 0 Å². The Morgan fingerprint density at radius 3 is 2.54 bits per heavy atom. The molecule has 1 N–H and O–H groups in total. The predicted octanol–water partition coefficient (Wildman–Crippen LogP) is 5.75. The maximum Gasteiger partial charge on any atom is 0.309 e. The monoisotopic (exact) mass is 505 g/mol. The van der Waals surface area contributed by atoms with Crippen LogP contribution in [0.2, 0.25) is 0 Å². The average Bonchev–Trinajstić information content (AvgIpc) is 3.22. The van der Waals surface area contributed by atoms with Gasteiger partial charge in [0.1, 0.15) is 11.9 Å². The molecule has 35 heavy (non-hydrogen) atoms. The summed E-state index contributed by atoms with van der Waals surface area (Å²) < 4.78 is 12.0. The summed E-state index contributed by atoms with van der Waals surface area (Å²) >= 11 is 1.58. The fraction of sp³-hybridized carbons (Fsp3) is 0.750. The summed E-state index contributed by atoms with van der Waals surface area (Å²) in [4.78, 5) is 30.9. The smallest absolute Gasteiger partial charge is 0.309 e. The van der Waals surface area contributed by atoms with Crippen molar-refractivity contribution < 1.29 is 24.2 Å². The highest BCUT2D eigenvalue weighted by Gasteiger charge is 2.53. The standard InChI is InChI=1S/C28H43NO5S/c1-16-10-9-11-28(8)24(34-28)13-22(17(2)12-21-15-35-20(5)29-21)33-25(31)14-23(30)27(6,7)26(32)19(4)18(16)3/h12,15-16,18-19,22-24,30H,9-11,13-14H2,1-8H3/b17-12+/t16-,18-,19+,22-,23-,24-,28+/m0/s1. The third-order valence-corrected chi connectivity index (χ3v) is 9.31. The first-order valence-corrected chi connectivity index (χ1v) is 13.8. The summed E-state index contributed by atoms with van der Waals surface area (Å²) in [5.74, 6) is -0.162. The van der Waals surface area contributed by atoms with E-state index in [9.17, 15) is 14.7 Å². The van der Waals surface area contributed by atoms with Gasteiger partial charge in [0.2, 0.25) is 0 Å². The molecule has 0 amide bonds. The number of hydrogen-bond acceptors (Lipinski definition) is 7. The normalized spacial score (nSPS) is 37.5. The lowest BCUT2D eigenvalue weighted by Gasteiger charge is -2.35. The number of ether oxygens (including phenoxy) is 2. The summed E-state index contributed by atoms with van der Waals surface area (Å²) in [6.45, 7) is 15.8. The number of carbonyl (C=O) groups excluding carboxylic acids is 2. The van der Waals surface area contributed by atoms with Gasteiger partial charge in [-0.2, -0.15) is 0 Å². The van der Waals surface area contributed by atoms with Gasteiger partial charge in [0.15, 0.2) is 0 Å². The first-order chi connectivity index (χ1) is 16.2. The van der Waals surface area contributed by atoms with E-state index in [2.05, 4.69) is 25.8 Å². The fourth-order valence-corrected chi connectivity index (χ4v) is 5.81. The number of aliphatic hydroxyl groups excluding tert-OH is 1. The van der Waals surface area contributed by atoms with Crippen molar-refractivity contribution in [2.24, 2.45) is 23.2 Å². The van der Waals surface area contributed by atoms with Crippen molar-refractivity contribution >= 4 is 29.2 Å². The number of cyclic esters (lactones) is 1. The van der Waals surface area contributed by atoms with E-state index in [1.807, 2.05) is 32.2 Å². The molecule has 3 heterocycles. The van der Waals surface area contributed by atoms with Crippen LogP contribution in [0.15, 0.2) is 11.0 Å². The Morgan fingerprint density at radius 2 is 1.91 bits per heavy atom. The molecule has 7 heteroatoms. The minimum Gasteiger partial charge on any atom is -0.458 e. The Labute approximate surface area is 214 Å². The molecule has 2 aliphatic heterocycles. The SMILES string of the molecule is C/C(=C\c1csc(C)n1)[C@@H]1C[C@@H]2O[C@]2(C)CCC[C@H](C)[C@H](C)[C@@H](C)C(=O)C(C)(C)[C@@H](O)CC(=O)O1. The minimum atomic E-state index is -1.12. The van der Waals surface area contributed by atoms with Crippen molar-refractivity contribution in [1.29, 1.82) is 0 Å². The van der Waals surface area contributed by atoms with E-state index in [1.165, 1.54) is 0 Å². The molecule has 0 spiro atoms. The number of rotatable bonds is 2. The lowest BCUT2D eigenvalue weighted by Crippen LogP contribution is -2.44. The Balaban J connectivity index is 1.85. The number of hydrogen-bond donors (Lipinski definition) is 1. The zero-order valence-corrected chi connectivity index (χ0v) is 23.4. The van der Waals surface area contributed by atoms with Gasteiger partial charge in [-0.25, -0.2) is 4.98 Å². The third kappa shape index (κ3) is 6.60. The van der Waals surface area contributed by atoms with Gasteiger partial charge in [0.05, 0.1) is 40.3 Å². The number of epoxide rings is 1. The molecule has 0 saturated carbocycles. The molecule has 7 atom stereocenters. The second kappa shape index (κ2) is 10.8. The van der Waals surface area contributed by atoms with Crippen molar-refractivity contribution in [3.63, 3.8) is 0 Å². The van der Waals surface area contributed by atoms with Crippen LogP contribution < -0.4 is 0 Å². The van der Waals surface area contributed by atoms with Crippen LogP contribution >= 0.6 is 11.3 Å². The van der Waals surface area contributed by atoms with E-state index < -0.39 is 23.6 Å². The first kappa shape index (κ1) is 28.0. The number of esters is 1. The predicted molar refractivity (Wildman–Crippen MR) is 139 cm³/mol. The number of Topliss-reactive ketones (excluding diaryl/α,β-unsaturated/α-hetero) is 1. The molecule has 0 unspecified atom stereocenters. The second-order valence-corrected chi connectivity index (χ2v) is 12.7. The van der Waals surface area contributed by atoms with Gasteiger partial charge >= 0.3 is 5.97 Å². The molecule has 3 rings (SSSR count). The number of nitrogens with zero attached hydrogens (tertiary/aromatic N) is 1. The van der Waals surface area contributed by atoms with Crippen LogP contribution in [0.25, 0.3) is 6.08 Å². The van der Waals surface area contributed by atoms with Crippen molar-refractivity contribution in [2.75, 3.05) is 0 Å². The van der Waals surface area contributed by atoms with E-state index in [-0.39, 0.29) is 35.7 Å². The van der Waals surface area contributed by atoms with Gasteiger partial charge in [0.25, 0.3) is 0 Å². The molecule has 1 aromatic rings. The number of aliphatic hydroxyl groups is 1. The molecule has 0 aliphatic carbocycles. The van der Waals surface area contributed by atoms with E-state index in [1.54, 1.807) is 25.2 Å². The van der Waals surface area contributed by atoms with Crippen LogP contribution in [0.4, 0.5) is 0 Å². The number of aryl methyl sites for hydroxylation is 1. The van der Waals surface area contributed by atoms with Crippen LogP contribution in [0.5, 0.6) is 0 Å². The highest BCUT2D eigenvalue weighted by atomic mass is 32.1. The first-order valence-electron chi connectivity index (χ1n) is 12.9. The molecule has 2 saturated heterocycles. The topological polar surface area (TPSA) is 89.0 Å². The largest absolute Gasteiger partial charge is 0.458 e. The highest BCUT2D eigenvalue weighted by molar-refractivity contribution is 7.09. The van der Waals surface area contributed by atoms with Gasteiger partial charge in [0, 0.05) is 17.7 Å². The van der Waals surface area contributed by atoms with Gasteiger partial charge < -0.3 is 14.6 Å². The van der Waals surface area contributed by atoms with Crippen molar-refractivity contribution in [2.45, 2.75) is 111 Å². The molecular weight excluding hydrogens is 462 g/mol. The van der Waals surface area contributed by atoms with E-state index in [0.29, 0.717) is 12.3 Å². The van der Waals surface area contributed by atoms with Crippen LogP contribution in [0.1, 0.15) is 91.3 Å². The Morgan fingerprint density at radius 1 is 1.23 bits per heavy atom. The highest BCUT2D eigenvalue weighted by Crippen LogP contribution is 2.45. The quantitative estimate of drug-likeness (QED) is 0.406. The lowest BCUT2D eigenvalue weighted by atomic mass is 9.70. The Hall–Kier alpha value is -1.57. The molecular formula is C28H43NO5S. The van der Waals surface area contributed by atoms with E-state index in [4.69, 9.17) is 9.47 Å². The van der Waals surface area contributed by atoms with Crippen LogP contribution in [0, 0.1) is 30.1 Å². The van der Waals surface area contributed by atoms with Gasteiger partial charge in [-0.1, -0.05) is 47.5 Å². The van der Waals surface area contributed by atoms with Crippen molar-refractivity contribution in [3.05, 3.63) is 21.7 Å². The fourth-order valence-electron chi connectivity index (χ4n) is 5.24. The summed E-state index contributed by atoms with van der Waals surface area (Å²) in [6.07, 6.45) is 3.69. The molecule has 1 aromatic heterocycles. The molecule has 2 fully saturated rings. The van der Waals surface area contributed by atoms with Gasteiger partial charge in [-0.15, -0.1) is 11.3 Å². The molecule has 2 aliphatic rings. The van der Waals surface area contributed by atoms with Crippen LogP contribution in [0.3, 0.4) is 0 Å². The van der Waals surface area contributed by atoms with Crippen molar-refractivity contribution in [1.82, 2.24) is 4.98 Å². The van der Waals surface area contributed by atoms with Crippen LogP contribution in [-0.2, 0) is 19.1 Å². The summed E-state index contributed by atoms with van der Waals surface area (Å²) in [5, 5.41) is 13.9. The third-order valence-electron chi connectivity index (χ3n) is 8.52. The van der Waals surface area contributed by atoms with E-state index in [0.717, 1.165) is 35.5 Å². The zero-order chi connectivity index (χ0) is 26.1. The number of thiazole rings is 1. The Kier molecular flexibility index (Phi) is 8.65. The summed E-state index contributed by atoms with van der Waals surface area (Å²) in [5.41, 5.74) is 0.478. The number of carbonyl (C=O) groups is 2. The van der Waals surface area contributed by atoms with Gasteiger partial charge in [-0.05, 0) is 50.7 Å².